The van der Waals surface area contributed by atoms with Gasteiger partial charge in [-0.25, -0.2) is 13.4 Å². The van der Waals surface area contributed by atoms with E-state index >= 15 is 0 Å². The van der Waals surface area contributed by atoms with Crippen LogP contribution in [0.1, 0.15) is 33.6 Å². The minimum atomic E-state index is -4.26. The van der Waals surface area contributed by atoms with Crippen LogP contribution in [-0.2, 0) is 24.3 Å². The minimum absolute atomic E-state index is 0.0882. The summed E-state index contributed by atoms with van der Waals surface area (Å²) in [5, 5.41) is 1.04. The number of rotatable bonds is 8. The van der Waals surface area contributed by atoms with Crippen molar-refractivity contribution in [2.75, 3.05) is 24.1 Å². The van der Waals surface area contributed by atoms with Gasteiger partial charge in [0, 0.05) is 46.7 Å². The van der Waals surface area contributed by atoms with Crippen molar-refractivity contribution in [3.05, 3.63) is 77.0 Å². The van der Waals surface area contributed by atoms with Gasteiger partial charge in [0.1, 0.15) is 29.8 Å². The molecule has 0 saturated carbocycles. The monoisotopic (exact) mass is 631 g/mol. The zero-order chi connectivity index (χ0) is 30.1. The summed E-state index contributed by atoms with van der Waals surface area (Å²) in [7, 11) is -4.26. The standard InChI is InChI=1S/C30H31Cl2N3O6S/c1-30(2,3)41-29(36)19-35(42(37,38)26-16-21(31)15-22(32)17-26)23-4-5-27-20(14-23)7-11-34(27)28-18-25(6-10-33-28)40-24-8-12-39-13-9-24/h4-7,10-11,14-18,24H,8-9,12-13,19H2,1-3H3. The van der Waals surface area contributed by atoms with Gasteiger partial charge in [-0.1, -0.05) is 23.2 Å². The van der Waals surface area contributed by atoms with Gasteiger partial charge in [0.25, 0.3) is 10.0 Å². The average Bonchev–Trinajstić information content (AvgIpc) is 3.34. The molecule has 42 heavy (non-hydrogen) atoms. The van der Waals surface area contributed by atoms with Gasteiger partial charge in [0.2, 0.25) is 0 Å². The second kappa shape index (κ2) is 12.1. The molecule has 1 aliphatic heterocycles. The summed E-state index contributed by atoms with van der Waals surface area (Å²) in [4.78, 5) is 17.2. The normalized spacial score (nSPS) is 14.6. The highest BCUT2D eigenvalue weighted by molar-refractivity contribution is 7.92. The first-order valence-corrected chi connectivity index (χ1v) is 15.6. The fourth-order valence-electron chi connectivity index (χ4n) is 4.69. The lowest BCUT2D eigenvalue weighted by molar-refractivity contribution is -0.152. The van der Waals surface area contributed by atoms with Crippen molar-refractivity contribution < 1.29 is 27.4 Å². The molecule has 0 bridgehead atoms. The highest BCUT2D eigenvalue weighted by Gasteiger charge is 2.30. The highest BCUT2D eigenvalue weighted by atomic mass is 35.5. The molecule has 0 unspecified atom stereocenters. The molecule has 222 valence electrons. The second-order valence-electron chi connectivity index (χ2n) is 10.9. The number of nitrogens with zero attached hydrogens (tertiary/aromatic N) is 3. The van der Waals surface area contributed by atoms with E-state index < -0.39 is 28.1 Å². The average molecular weight is 633 g/mol. The molecule has 0 amide bonds. The molecule has 9 nitrogen and oxygen atoms in total. The number of pyridine rings is 1. The van der Waals surface area contributed by atoms with Gasteiger partial charge in [0.15, 0.2) is 0 Å². The molecule has 1 fully saturated rings. The summed E-state index contributed by atoms with van der Waals surface area (Å²) >= 11 is 12.2. The van der Waals surface area contributed by atoms with Crippen LogP contribution >= 0.6 is 23.2 Å². The number of fused-ring (bicyclic) bond motifs is 1. The Morgan fingerprint density at radius 2 is 1.76 bits per heavy atom. The third-order valence-electron chi connectivity index (χ3n) is 6.51. The third kappa shape index (κ3) is 7.00. The van der Waals surface area contributed by atoms with Crippen molar-refractivity contribution in [2.45, 2.75) is 50.2 Å². The number of anilines is 1. The van der Waals surface area contributed by atoms with E-state index in [0.29, 0.717) is 24.8 Å². The lowest BCUT2D eigenvalue weighted by Gasteiger charge is -2.26. The molecule has 0 spiro atoms. The Balaban J connectivity index is 1.50. The molecule has 0 atom stereocenters. The molecule has 12 heteroatoms. The van der Waals surface area contributed by atoms with Crippen LogP contribution in [0.4, 0.5) is 5.69 Å². The van der Waals surface area contributed by atoms with Gasteiger partial charge >= 0.3 is 5.97 Å². The van der Waals surface area contributed by atoms with E-state index in [1.165, 1.54) is 18.2 Å². The number of benzene rings is 2. The summed E-state index contributed by atoms with van der Waals surface area (Å²) < 4.78 is 47.6. The molecule has 5 rings (SSSR count). The Hall–Kier alpha value is -3.31. The SMILES string of the molecule is CC(C)(C)OC(=O)CN(c1ccc2c(ccn2-c2cc(OC3CCOCC3)ccn2)c1)S(=O)(=O)c1cc(Cl)cc(Cl)c1. The Labute approximate surface area is 255 Å². The van der Waals surface area contributed by atoms with E-state index in [2.05, 4.69) is 4.98 Å². The molecule has 3 heterocycles. The molecule has 0 radical (unpaired) electrons. The second-order valence-corrected chi connectivity index (χ2v) is 13.6. The van der Waals surface area contributed by atoms with Crippen molar-refractivity contribution >= 4 is 55.8 Å². The summed E-state index contributed by atoms with van der Waals surface area (Å²) in [5.74, 6) is 0.650. The maximum Gasteiger partial charge on any atom is 0.327 e. The van der Waals surface area contributed by atoms with E-state index in [1.807, 2.05) is 29.0 Å². The van der Waals surface area contributed by atoms with E-state index in [0.717, 1.165) is 28.0 Å². The third-order valence-corrected chi connectivity index (χ3v) is 8.70. The molecular formula is C30H31Cl2N3O6S. The number of esters is 1. The van der Waals surface area contributed by atoms with Crippen molar-refractivity contribution in [3.8, 4) is 11.6 Å². The fourth-order valence-corrected chi connectivity index (χ4v) is 6.81. The number of carbonyl (C=O) groups excluding carboxylic acids is 1. The minimum Gasteiger partial charge on any atom is -0.490 e. The fraction of sp³-hybridized carbons (Fsp3) is 0.333. The molecule has 0 N–H and O–H groups in total. The first-order chi connectivity index (χ1) is 19.9. The number of carbonyl (C=O) groups is 1. The van der Waals surface area contributed by atoms with E-state index in [9.17, 15) is 13.2 Å². The first kappa shape index (κ1) is 30.2. The van der Waals surface area contributed by atoms with Gasteiger partial charge in [-0.05, 0) is 69.3 Å². The lowest BCUT2D eigenvalue weighted by atomic mass is 10.1. The quantitative estimate of drug-likeness (QED) is 0.207. The van der Waals surface area contributed by atoms with Gasteiger partial charge in [-0.3, -0.25) is 9.10 Å². The molecule has 0 aliphatic carbocycles. The van der Waals surface area contributed by atoms with Crippen molar-refractivity contribution in [1.82, 2.24) is 9.55 Å². The number of hydrogen-bond donors (Lipinski definition) is 0. The van der Waals surface area contributed by atoms with E-state index in [4.69, 9.17) is 37.4 Å². The predicted octanol–water partition coefficient (Wildman–Crippen LogP) is 6.43. The maximum absolute atomic E-state index is 13.9. The zero-order valence-corrected chi connectivity index (χ0v) is 25.7. The number of halogens is 2. The zero-order valence-electron chi connectivity index (χ0n) is 23.4. The van der Waals surface area contributed by atoms with Gasteiger partial charge < -0.3 is 18.8 Å². The van der Waals surface area contributed by atoms with Gasteiger partial charge in [0.05, 0.1) is 29.3 Å². The van der Waals surface area contributed by atoms with Gasteiger partial charge in [-0.2, -0.15) is 0 Å². The molecular weight excluding hydrogens is 601 g/mol. The first-order valence-electron chi connectivity index (χ1n) is 13.4. The predicted molar refractivity (Wildman–Crippen MR) is 162 cm³/mol. The van der Waals surface area contributed by atoms with Crippen LogP contribution in [0.15, 0.2) is 71.9 Å². The van der Waals surface area contributed by atoms with Crippen molar-refractivity contribution in [3.63, 3.8) is 0 Å². The summed E-state index contributed by atoms with van der Waals surface area (Å²) in [6, 6.07) is 14.7. The summed E-state index contributed by atoms with van der Waals surface area (Å²) in [6.45, 7) is 5.95. The molecule has 1 aliphatic rings. The molecule has 4 aromatic rings. The summed E-state index contributed by atoms with van der Waals surface area (Å²) in [5.41, 5.74) is 0.255. The largest absolute Gasteiger partial charge is 0.490 e. The Bertz CT molecular complexity index is 1690. The van der Waals surface area contributed by atoms with Crippen molar-refractivity contribution in [2.24, 2.45) is 0 Å². The van der Waals surface area contributed by atoms with Crippen molar-refractivity contribution in [1.29, 1.82) is 0 Å². The van der Waals surface area contributed by atoms with Crippen LogP contribution in [0, 0.1) is 0 Å². The number of ether oxygens (including phenoxy) is 3. The lowest BCUT2D eigenvalue weighted by Crippen LogP contribution is -2.39. The Morgan fingerprint density at radius 3 is 2.45 bits per heavy atom. The Morgan fingerprint density at radius 1 is 1.05 bits per heavy atom. The topological polar surface area (TPSA) is 100.0 Å². The van der Waals surface area contributed by atoms with Crippen LogP contribution in [0.2, 0.25) is 10.0 Å². The van der Waals surface area contributed by atoms with E-state index in [1.54, 1.807) is 45.2 Å². The van der Waals surface area contributed by atoms with Crippen LogP contribution < -0.4 is 9.04 Å². The van der Waals surface area contributed by atoms with Crippen LogP contribution in [-0.4, -0.2) is 55.4 Å². The molecule has 1 saturated heterocycles. The Kier molecular flexibility index (Phi) is 8.71. The molecule has 2 aromatic heterocycles. The smallest absolute Gasteiger partial charge is 0.327 e. The number of aromatic nitrogens is 2. The van der Waals surface area contributed by atoms with Crippen LogP contribution in [0.5, 0.6) is 5.75 Å². The van der Waals surface area contributed by atoms with Crippen LogP contribution in [0.3, 0.4) is 0 Å². The van der Waals surface area contributed by atoms with Crippen LogP contribution in [0.25, 0.3) is 16.7 Å². The summed E-state index contributed by atoms with van der Waals surface area (Å²) in [6.07, 6.45) is 5.28. The van der Waals surface area contributed by atoms with E-state index in [-0.39, 0.29) is 26.7 Å². The maximum atomic E-state index is 13.9. The highest BCUT2D eigenvalue weighted by Crippen LogP contribution is 2.32. The number of hydrogen-bond acceptors (Lipinski definition) is 7. The van der Waals surface area contributed by atoms with Gasteiger partial charge in [-0.15, -0.1) is 0 Å². The molecule has 2 aromatic carbocycles. The number of sulfonamides is 1.